The van der Waals surface area contributed by atoms with Crippen LogP contribution in [0, 0.1) is 22.7 Å². The van der Waals surface area contributed by atoms with Crippen LogP contribution >= 0.6 is 0 Å². The molecule has 1 aliphatic rings. The third kappa shape index (κ3) is 2.94. The Bertz CT molecular complexity index is 914. The Hall–Kier alpha value is -3.98. The molecule has 0 bridgehead atoms. The highest BCUT2D eigenvalue weighted by atomic mass is 16.2. The summed E-state index contributed by atoms with van der Waals surface area (Å²) in [5.74, 6) is -1.09. The number of imidazole rings is 1. The maximum absolute atomic E-state index is 12.2. The van der Waals surface area contributed by atoms with E-state index >= 15 is 0 Å². The standard InChI is InChI=1S/C16H10N6O3/c17-7-11-12(8-18)20-16(19-11)21-15(25)9-1-3-10(4-2-9)22-13(23)5-6-14(22)24/h1-4H,5-6H2,(H2,19,20,21,25). The van der Waals surface area contributed by atoms with E-state index in [1.807, 2.05) is 0 Å². The highest BCUT2D eigenvalue weighted by molar-refractivity contribution is 6.20. The van der Waals surface area contributed by atoms with E-state index in [0.717, 1.165) is 4.90 Å². The number of nitriles is 2. The van der Waals surface area contributed by atoms with E-state index in [0.29, 0.717) is 5.69 Å². The number of anilines is 2. The fraction of sp³-hybridized carbons (Fsp3) is 0.125. The lowest BCUT2D eigenvalue weighted by atomic mass is 10.2. The van der Waals surface area contributed by atoms with Crippen molar-refractivity contribution in [3.8, 4) is 12.1 Å². The van der Waals surface area contributed by atoms with Gasteiger partial charge in [0.1, 0.15) is 12.1 Å². The van der Waals surface area contributed by atoms with E-state index in [1.54, 1.807) is 12.1 Å². The average molecular weight is 334 g/mol. The number of aromatic amines is 1. The third-order valence-corrected chi connectivity index (χ3v) is 3.59. The van der Waals surface area contributed by atoms with Gasteiger partial charge in [0.2, 0.25) is 17.8 Å². The van der Waals surface area contributed by atoms with Gasteiger partial charge in [0, 0.05) is 18.4 Å². The molecule has 122 valence electrons. The molecule has 0 unspecified atom stereocenters. The summed E-state index contributed by atoms with van der Waals surface area (Å²) in [4.78, 5) is 43.0. The molecule has 1 aromatic heterocycles. The second-order valence-corrected chi connectivity index (χ2v) is 5.16. The summed E-state index contributed by atoms with van der Waals surface area (Å²) in [6.45, 7) is 0. The predicted molar refractivity (Wildman–Crippen MR) is 84.1 cm³/mol. The molecule has 1 aromatic carbocycles. The first-order valence-electron chi connectivity index (χ1n) is 7.21. The Kier molecular flexibility index (Phi) is 3.98. The number of amides is 3. The number of imide groups is 1. The smallest absolute Gasteiger partial charge is 0.257 e. The zero-order chi connectivity index (χ0) is 18.0. The highest BCUT2D eigenvalue weighted by Gasteiger charge is 2.30. The number of hydrogen-bond donors (Lipinski definition) is 2. The molecule has 1 saturated heterocycles. The van der Waals surface area contributed by atoms with Crippen LogP contribution in [0.5, 0.6) is 0 Å². The lowest BCUT2D eigenvalue weighted by Gasteiger charge is -2.13. The summed E-state index contributed by atoms with van der Waals surface area (Å²) in [5.41, 5.74) is 0.509. The summed E-state index contributed by atoms with van der Waals surface area (Å²) in [6.07, 6.45) is 0.365. The molecule has 0 radical (unpaired) electrons. The van der Waals surface area contributed by atoms with Crippen LogP contribution < -0.4 is 10.2 Å². The maximum atomic E-state index is 12.2. The third-order valence-electron chi connectivity index (χ3n) is 3.59. The molecule has 9 heteroatoms. The van der Waals surface area contributed by atoms with Crippen molar-refractivity contribution in [2.75, 3.05) is 10.2 Å². The number of nitrogens with one attached hydrogen (secondary N) is 2. The molecule has 3 rings (SSSR count). The SMILES string of the molecule is N#Cc1nc(NC(=O)c2ccc(N3C(=O)CCC3=O)cc2)[nH]c1C#N. The first-order chi connectivity index (χ1) is 12.0. The zero-order valence-corrected chi connectivity index (χ0v) is 12.7. The Labute approximate surface area is 141 Å². The Morgan fingerprint density at radius 2 is 1.76 bits per heavy atom. The molecule has 0 atom stereocenters. The molecule has 0 aliphatic carbocycles. The van der Waals surface area contributed by atoms with Gasteiger partial charge in [0.15, 0.2) is 11.4 Å². The van der Waals surface area contributed by atoms with E-state index in [4.69, 9.17) is 10.5 Å². The number of nitrogens with zero attached hydrogens (tertiary/aromatic N) is 4. The maximum Gasteiger partial charge on any atom is 0.257 e. The summed E-state index contributed by atoms with van der Waals surface area (Å²) in [5, 5.41) is 20.1. The Balaban J connectivity index is 1.76. The fourth-order valence-corrected chi connectivity index (χ4v) is 2.40. The van der Waals surface area contributed by atoms with Crippen molar-refractivity contribution in [3.05, 3.63) is 41.2 Å². The minimum absolute atomic E-state index is 0.0212. The van der Waals surface area contributed by atoms with Gasteiger partial charge in [-0.1, -0.05) is 0 Å². The van der Waals surface area contributed by atoms with Crippen LogP contribution in [0.3, 0.4) is 0 Å². The summed E-state index contributed by atoms with van der Waals surface area (Å²) < 4.78 is 0. The van der Waals surface area contributed by atoms with Gasteiger partial charge in [-0.05, 0) is 24.3 Å². The number of H-pyrrole nitrogens is 1. The van der Waals surface area contributed by atoms with Crippen LogP contribution in [0.2, 0.25) is 0 Å². The van der Waals surface area contributed by atoms with Crippen molar-refractivity contribution in [2.24, 2.45) is 0 Å². The topological polar surface area (TPSA) is 143 Å². The second-order valence-electron chi connectivity index (χ2n) is 5.16. The van der Waals surface area contributed by atoms with Gasteiger partial charge in [0.25, 0.3) is 5.91 Å². The molecule has 2 N–H and O–H groups in total. The highest BCUT2D eigenvalue weighted by Crippen LogP contribution is 2.23. The minimum Gasteiger partial charge on any atom is -0.314 e. The first-order valence-corrected chi connectivity index (χ1v) is 7.21. The van der Waals surface area contributed by atoms with E-state index in [9.17, 15) is 14.4 Å². The lowest BCUT2D eigenvalue weighted by Crippen LogP contribution is -2.28. The van der Waals surface area contributed by atoms with Gasteiger partial charge in [-0.25, -0.2) is 4.98 Å². The van der Waals surface area contributed by atoms with Gasteiger partial charge in [-0.3, -0.25) is 24.6 Å². The van der Waals surface area contributed by atoms with E-state index in [2.05, 4.69) is 15.3 Å². The fourth-order valence-electron chi connectivity index (χ4n) is 2.40. The molecule has 25 heavy (non-hydrogen) atoms. The number of carbonyl (C=O) groups excluding carboxylic acids is 3. The Morgan fingerprint density at radius 3 is 2.28 bits per heavy atom. The largest absolute Gasteiger partial charge is 0.314 e. The number of carbonyl (C=O) groups is 3. The predicted octanol–water partition coefficient (Wildman–Crippen LogP) is 1.06. The molecular weight excluding hydrogens is 324 g/mol. The molecule has 1 fully saturated rings. The molecule has 0 saturated carbocycles. The first kappa shape index (κ1) is 15.9. The zero-order valence-electron chi connectivity index (χ0n) is 12.7. The van der Waals surface area contributed by atoms with Gasteiger partial charge >= 0.3 is 0 Å². The van der Waals surface area contributed by atoms with Crippen LogP contribution in [0.4, 0.5) is 11.6 Å². The van der Waals surface area contributed by atoms with E-state index in [-0.39, 0.29) is 47.6 Å². The number of hydrogen-bond acceptors (Lipinski definition) is 6. The quantitative estimate of drug-likeness (QED) is 0.803. The van der Waals surface area contributed by atoms with E-state index < -0.39 is 5.91 Å². The van der Waals surface area contributed by atoms with Crippen LogP contribution in [0.15, 0.2) is 24.3 Å². The normalized spacial score (nSPS) is 13.4. The van der Waals surface area contributed by atoms with Crippen molar-refractivity contribution in [2.45, 2.75) is 12.8 Å². The summed E-state index contributed by atoms with van der Waals surface area (Å²) >= 11 is 0. The summed E-state index contributed by atoms with van der Waals surface area (Å²) in [7, 11) is 0. The van der Waals surface area contributed by atoms with Crippen molar-refractivity contribution in [1.82, 2.24) is 9.97 Å². The van der Waals surface area contributed by atoms with Gasteiger partial charge in [-0.2, -0.15) is 10.5 Å². The van der Waals surface area contributed by atoms with Crippen molar-refractivity contribution < 1.29 is 14.4 Å². The van der Waals surface area contributed by atoms with Crippen LogP contribution in [-0.4, -0.2) is 27.7 Å². The van der Waals surface area contributed by atoms with Crippen LogP contribution in [-0.2, 0) is 9.59 Å². The van der Waals surface area contributed by atoms with Crippen LogP contribution in [0.25, 0.3) is 0 Å². The number of benzene rings is 1. The minimum atomic E-state index is -0.520. The van der Waals surface area contributed by atoms with Crippen molar-refractivity contribution in [1.29, 1.82) is 10.5 Å². The van der Waals surface area contributed by atoms with Crippen LogP contribution in [0.1, 0.15) is 34.6 Å². The van der Waals surface area contributed by atoms with Crippen molar-refractivity contribution >= 4 is 29.4 Å². The summed E-state index contributed by atoms with van der Waals surface area (Å²) in [6, 6.07) is 9.43. The lowest BCUT2D eigenvalue weighted by molar-refractivity contribution is -0.121. The number of aromatic nitrogens is 2. The van der Waals surface area contributed by atoms with E-state index in [1.165, 1.54) is 24.3 Å². The van der Waals surface area contributed by atoms with Gasteiger partial charge in [0.05, 0.1) is 5.69 Å². The molecular formula is C16H10N6O3. The average Bonchev–Trinajstić information content (AvgIpc) is 3.17. The molecule has 2 heterocycles. The molecule has 3 amide bonds. The van der Waals surface area contributed by atoms with Crippen molar-refractivity contribution in [3.63, 3.8) is 0 Å². The Morgan fingerprint density at radius 1 is 1.12 bits per heavy atom. The molecule has 9 nitrogen and oxygen atoms in total. The molecule has 1 aliphatic heterocycles. The monoisotopic (exact) mass is 334 g/mol. The van der Waals surface area contributed by atoms with Gasteiger partial charge < -0.3 is 4.98 Å². The number of rotatable bonds is 3. The molecule has 0 spiro atoms. The van der Waals surface area contributed by atoms with Gasteiger partial charge in [-0.15, -0.1) is 0 Å². The second kappa shape index (κ2) is 6.26. The molecule has 2 aromatic rings.